The van der Waals surface area contributed by atoms with E-state index in [0.717, 1.165) is 19.6 Å². The molecule has 0 rings (SSSR count). The molecule has 0 fully saturated rings. The van der Waals surface area contributed by atoms with E-state index >= 15 is 0 Å². The number of rotatable bonds is 7. The second kappa shape index (κ2) is 7.34. The van der Waals surface area contributed by atoms with Gasteiger partial charge < -0.3 is 10.0 Å². The topological polar surface area (TPSA) is 64.3 Å². The van der Waals surface area contributed by atoms with Crippen LogP contribution >= 0.6 is 0 Å². The van der Waals surface area contributed by atoms with Gasteiger partial charge in [0.15, 0.2) is 0 Å². The van der Waals surface area contributed by atoms with Crippen molar-refractivity contribution in [3.63, 3.8) is 0 Å². The summed E-state index contributed by atoms with van der Waals surface area (Å²) in [7, 11) is 0. The fourth-order valence-electron chi connectivity index (χ4n) is 1.26. The van der Waals surface area contributed by atoms with Gasteiger partial charge in [-0.3, -0.25) is 4.79 Å². The third-order valence-corrected chi connectivity index (χ3v) is 2.06. The molecule has 0 aliphatic rings. The van der Waals surface area contributed by atoms with E-state index in [1.54, 1.807) is 0 Å². The quantitative estimate of drug-likeness (QED) is 0.670. The zero-order chi connectivity index (χ0) is 11.0. The number of carboxylic acids is 1. The van der Waals surface area contributed by atoms with E-state index in [0.29, 0.717) is 6.42 Å². The predicted octanol–water partition coefficient (Wildman–Crippen LogP) is 1.33. The summed E-state index contributed by atoms with van der Waals surface area (Å²) in [4.78, 5) is 12.4. The molecule has 4 nitrogen and oxygen atoms in total. The van der Waals surface area contributed by atoms with E-state index in [1.807, 2.05) is 13.8 Å². The molecule has 0 radical (unpaired) electrons. The predicted molar refractivity (Wildman–Crippen MR) is 53.8 cm³/mol. The third kappa shape index (κ3) is 6.44. The van der Waals surface area contributed by atoms with Crippen molar-refractivity contribution < 1.29 is 9.90 Å². The van der Waals surface area contributed by atoms with Gasteiger partial charge in [0, 0.05) is 13.0 Å². The van der Waals surface area contributed by atoms with Gasteiger partial charge in [0.1, 0.15) is 0 Å². The number of carbonyl (C=O) groups is 1. The van der Waals surface area contributed by atoms with Crippen LogP contribution in [0.3, 0.4) is 0 Å². The van der Waals surface area contributed by atoms with E-state index in [4.69, 9.17) is 10.4 Å². The maximum Gasteiger partial charge on any atom is 0.303 e. The van der Waals surface area contributed by atoms with Crippen molar-refractivity contribution in [3.05, 3.63) is 0 Å². The molecule has 80 valence electrons. The summed E-state index contributed by atoms with van der Waals surface area (Å²) in [6.45, 7) is 6.25. The summed E-state index contributed by atoms with van der Waals surface area (Å²) < 4.78 is 0. The minimum atomic E-state index is -0.755. The molecular formula is C10H18N2O2. The van der Waals surface area contributed by atoms with Crippen LogP contribution in [0.2, 0.25) is 0 Å². The second-order valence-electron chi connectivity index (χ2n) is 3.42. The average Bonchev–Trinajstić information content (AvgIpc) is 2.15. The number of hydrogen-bond donors (Lipinski definition) is 1. The molecule has 4 heteroatoms. The molecular weight excluding hydrogens is 180 g/mol. The first-order valence-electron chi connectivity index (χ1n) is 4.93. The second-order valence-corrected chi connectivity index (χ2v) is 3.42. The summed E-state index contributed by atoms with van der Waals surface area (Å²) in [5.41, 5.74) is 0. The van der Waals surface area contributed by atoms with Crippen LogP contribution < -0.4 is 0 Å². The first kappa shape index (κ1) is 12.9. The molecule has 0 spiro atoms. The number of aliphatic carboxylic acids is 1. The third-order valence-electron chi connectivity index (χ3n) is 2.06. The average molecular weight is 198 g/mol. The van der Waals surface area contributed by atoms with Crippen molar-refractivity contribution in [1.29, 1.82) is 5.26 Å². The summed E-state index contributed by atoms with van der Waals surface area (Å²) in [6, 6.07) is 2.17. The van der Waals surface area contributed by atoms with Gasteiger partial charge in [-0.05, 0) is 26.4 Å². The van der Waals surface area contributed by atoms with Gasteiger partial charge in [0.05, 0.1) is 12.0 Å². The van der Waals surface area contributed by atoms with E-state index in [-0.39, 0.29) is 12.3 Å². The molecule has 0 saturated carbocycles. The molecule has 1 atom stereocenters. The van der Waals surface area contributed by atoms with Crippen LogP contribution in [0.1, 0.15) is 26.7 Å². The van der Waals surface area contributed by atoms with Crippen molar-refractivity contribution >= 4 is 5.97 Å². The molecule has 0 aromatic carbocycles. The maximum atomic E-state index is 10.3. The smallest absolute Gasteiger partial charge is 0.303 e. The van der Waals surface area contributed by atoms with E-state index < -0.39 is 5.97 Å². The number of nitrogens with zero attached hydrogens (tertiary/aromatic N) is 2. The monoisotopic (exact) mass is 198 g/mol. The lowest BCUT2D eigenvalue weighted by atomic mass is 10.2. The standard InChI is InChI=1S/C10H18N2O2/c1-3-12(8-9(2)7-11)6-4-5-10(13)14/h9H,3-6,8H2,1-2H3,(H,13,14). The Bertz CT molecular complexity index is 211. The lowest BCUT2D eigenvalue weighted by Gasteiger charge is -2.20. The van der Waals surface area contributed by atoms with Crippen LogP contribution in [-0.4, -0.2) is 35.6 Å². The number of nitriles is 1. The summed E-state index contributed by atoms with van der Waals surface area (Å²) in [5, 5.41) is 17.1. The Hall–Kier alpha value is -1.08. The van der Waals surface area contributed by atoms with Gasteiger partial charge in [-0.2, -0.15) is 5.26 Å². The van der Waals surface area contributed by atoms with Gasteiger partial charge in [-0.15, -0.1) is 0 Å². The molecule has 0 aliphatic heterocycles. The van der Waals surface area contributed by atoms with Crippen molar-refractivity contribution in [3.8, 4) is 6.07 Å². The van der Waals surface area contributed by atoms with E-state index in [9.17, 15) is 4.79 Å². The summed E-state index contributed by atoms with van der Waals surface area (Å²) in [6.07, 6.45) is 0.860. The first-order chi connectivity index (χ1) is 6.60. The summed E-state index contributed by atoms with van der Waals surface area (Å²) >= 11 is 0. The minimum Gasteiger partial charge on any atom is -0.481 e. The molecule has 14 heavy (non-hydrogen) atoms. The van der Waals surface area contributed by atoms with Gasteiger partial charge in [-0.1, -0.05) is 6.92 Å². The Labute approximate surface area is 85.1 Å². The van der Waals surface area contributed by atoms with Crippen molar-refractivity contribution in [2.45, 2.75) is 26.7 Å². The highest BCUT2D eigenvalue weighted by Gasteiger charge is 2.08. The molecule has 0 aromatic heterocycles. The van der Waals surface area contributed by atoms with E-state index in [1.165, 1.54) is 0 Å². The highest BCUT2D eigenvalue weighted by Crippen LogP contribution is 2.01. The molecule has 0 aliphatic carbocycles. The fourth-order valence-corrected chi connectivity index (χ4v) is 1.26. The van der Waals surface area contributed by atoms with E-state index in [2.05, 4.69) is 11.0 Å². The zero-order valence-electron chi connectivity index (χ0n) is 8.86. The maximum absolute atomic E-state index is 10.3. The summed E-state index contributed by atoms with van der Waals surface area (Å²) in [5.74, 6) is -0.742. The van der Waals surface area contributed by atoms with Crippen LogP contribution in [0.5, 0.6) is 0 Å². The highest BCUT2D eigenvalue weighted by atomic mass is 16.4. The molecule has 1 N–H and O–H groups in total. The lowest BCUT2D eigenvalue weighted by Crippen LogP contribution is -2.29. The Morgan fingerprint density at radius 2 is 2.29 bits per heavy atom. The molecule has 0 amide bonds. The van der Waals surface area contributed by atoms with Crippen molar-refractivity contribution in [2.75, 3.05) is 19.6 Å². The van der Waals surface area contributed by atoms with Crippen LogP contribution in [0.4, 0.5) is 0 Å². The van der Waals surface area contributed by atoms with Crippen LogP contribution in [0.25, 0.3) is 0 Å². The van der Waals surface area contributed by atoms with Crippen LogP contribution in [0, 0.1) is 17.2 Å². The molecule has 1 unspecified atom stereocenters. The SMILES string of the molecule is CCN(CCCC(=O)O)CC(C)C#N. The normalized spacial score (nSPS) is 12.4. The fraction of sp³-hybridized carbons (Fsp3) is 0.800. The Kier molecular flexibility index (Phi) is 6.77. The molecule has 0 bridgehead atoms. The highest BCUT2D eigenvalue weighted by molar-refractivity contribution is 5.66. The van der Waals surface area contributed by atoms with Crippen molar-refractivity contribution in [1.82, 2.24) is 4.90 Å². The molecule has 0 aromatic rings. The number of hydrogen-bond acceptors (Lipinski definition) is 3. The van der Waals surface area contributed by atoms with Gasteiger partial charge in [0.25, 0.3) is 0 Å². The van der Waals surface area contributed by atoms with Gasteiger partial charge in [0.2, 0.25) is 0 Å². The largest absolute Gasteiger partial charge is 0.481 e. The Balaban J connectivity index is 3.69. The Morgan fingerprint density at radius 1 is 1.64 bits per heavy atom. The first-order valence-corrected chi connectivity index (χ1v) is 4.93. The number of carboxylic acid groups (broad SMARTS) is 1. The molecule has 0 heterocycles. The Morgan fingerprint density at radius 3 is 2.71 bits per heavy atom. The lowest BCUT2D eigenvalue weighted by molar-refractivity contribution is -0.137. The van der Waals surface area contributed by atoms with Crippen molar-refractivity contribution in [2.24, 2.45) is 5.92 Å². The van der Waals surface area contributed by atoms with Gasteiger partial charge in [-0.25, -0.2) is 0 Å². The minimum absolute atomic E-state index is 0.0137. The molecule has 0 saturated heterocycles. The van der Waals surface area contributed by atoms with Crippen LogP contribution in [0.15, 0.2) is 0 Å². The van der Waals surface area contributed by atoms with Gasteiger partial charge >= 0.3 is 5.97 Å². The zero-order valence-corrected chi connectivity index (χ0v) is 8.86. The van der Waals surface area contributed by atoms with Crippen LogP contribution in [-0.2, 0) is 4.79 Å².